The average Bonchev–Trinajstić information content (AvgIpc) is 2.83. The maximum atomic E-state index is 15.3. The van der Waals surface area contributed by atoms with E-state index in [0.29, 0.717) is 35.0 Å². The lowest BCUT2D eigenvalue weighted by atomic mass is 9.96. The number of hydrogen-bond acceptors (Lipinski definition) is 5. The number of halogens is 6. The van der Waals surface area contributed by atoms with Gasteiger partial charge in [-0.25, -0.2) is 23.1 Å². The molecule has 12 heteroatoms. The van der Waals surface area contributed by atoms with Crippen LogP contribution in [0.3, 0.4) is 0 Å². The molecule has 3 aromatic carbocycles. The number of benzene rings is 3. The summed E-state index contributed by atoms with van der Waals surface area (Å²) in [5.41, 5.74) is -2.10. The summed E-state index contributed by atoms with van der Waals surface area (Å²) in [4.78, 5) is 20.5. The van der Waals surface area contributed by atoms with Crippen molar-refractivity contribution in [2.75, 3.05) is 10.0 Å². The Morgan fingerprint density at radius 1 is 0.921 bits per heavy atom. The van der Waals surface area contributed by atoms with Crippen LogP contribution in [-0.4, -0.2) is 15.9 Å². The molecule has 4 aromatic rings. The Morgan fingerprint density at radius 3 is 2.32 bits per heavy atom. The van der Waals surface area contributed by atoms with Crippen LogP contribution < -0.4 is 10.0 Å². The van der Waals surface area contributed by atoms with Crippen LogP contribution in [0.5, 0.6) is 0 Å². The van der Waals surface area contributed by atoms with Crippen molar-refractivity contribution < 1.29 is 31.1 Å². The van der Waals surface area contributed by atoms with Crippen LogP contribution in [0.1, 0.15) is 26.3 Å². The zero-order valence-corrected chi connectivity index (χ0v) is 21.0. The van der Waals surface area contributed by atoms with Crippen molar-refractivity contribution in [3.63, 3.8) is 0 Å². The number of carbonyl (C=O) groups excluding carboxylic acids is 1. The van der Waals surface area contributed by atoms with Crippen LogP contribution in [0.15, 0.2) is 59.6 Å². The van der Waals surface area contributed by atoms with Gasteiger partial charge in [-0.1, -0.05) is 26.8 Å². The van der Waals surface area contributed by atoms with E-state index in [9.17, 15) is 26.7 Å². The molecule has 0 aliphatic carbocycles. The predicted molar refractivity (Wildman–Crippen MR) is 134 cm³/mol. The van der Waals surface area contributed by atoms with Gasteiger partial charge in [-0.05, 0) is 60.0 Å². The fourth-order valence-corrected chi connectivity index (χ4v) is 4.03. The molecule has 2 N–H and O–H groups in total. The van der Waals surface area contributed by atoms with E-state index in [-0.39, 0.29) is 33.6 Å². The van der Waals surface area contributed by atoms with E-state index in [1.165, 1.54) is 24.4 Å². The summed E-state index contributed by atoms with van der Waals surface area (Å²) in [6, 6.07) is 8.91. The summed E-state index contributed by atoms with van der Waals surface area (Å²) in [7, 11) is 0. The number of amides is 1. The number of anilines is 2. The highest BCUT2D eigenvalue weighted by Gasteiger charge is 2.34. The van der Waals surface area contributed by atoms with E-state index >= 15 is 4.39 Å². The number of aromatic nitrogens is 2. The Kier molecular flexibility index (Phi) is 7.29. The highest BCUT2D eigenvalue weighted by molar-refractivity contribution is 8.00. The molecule has 1 heterocycles. The van der Waals surface area contributed by atoms with Crippen LogP contribution in [-0.2, 0) is 11.0 Å². The lowest BCUT2D eigenvalue weighted by Crippen LogP contribution is -2.28. The second-order valence-corrected chi connectivity index (χ2v) is 10.2. The summed E-state index contributed by atoms with van der Waals surface area (Å²) in [5, 5.41) is 3.07. The molecule has 0 unspecified atom stereocenters. The Bertz CT molecular complexity index is 1540. The molecule has 0 bridgehead atoms. The van der Waals surface area contributed by atoms with Gasteiger partial charge < -0.3 is 4.72 Å². The zero-order valence-electron chi connectivity index (χ0n) is 20.2. The molecule has 1 amide bonds. The van der Waals surface area contributed by atoms with E-state index in [4.69, 9.17) is 0 Å². The Hall–Kier alpha value is -3.80. The van der Waals surface area contributed by atoms with Crippen molar-refractivity contribution in [1.29, 1.82) is 0 Å². The van der Waals surface area contributed by atoms with Gasteiger partial charge in [-0.3, -0.25) is 10.1 Å². The Balaban J connectivity index is 1.60. The third-order valence-electron chi connectivity index (χ3n) is 5.39. The first-order chi connectivity index (χ1) is 17.7. The summed E-state index contributed by atoms with van der Waals surface area (Å²) in [6.07, 6.45) is -3.49. The zero-order chi connectivity index (χ0) is 27.8. The summed E-state index contributed by atoms with van der Waals surface area (Å²) < 4.78 is 85.1. The first kappa shape index (κ1) is 27.2. The van der Waals surface area contributed by atoms with Gasteiger partial charge in [0.2, 0.25) is 11.9 Å². The standard InChI is InChI=1S/C26H20F6N4OS/c1-25(2,3)23(37)35-24-33-12-14-10-13(4-8-19(14)34-24)21-18(28)7-9-20(22(21)29)36-38-15-5-6-17(27)16(11-15)26(30,31)32/h4-12,36H,1-3H3,(H,33,34,35,37). The molecule has 1 aromatic heterocycles. The number of nitrogens with zero attached hydrogens (tertiary/aromatic N) is 2. The van der Waals surface area contributed by atoms with Crippen molar-refractivity contribution in [3.8, 4) is 11.1 Å². The van der Waals surface area contributed by atoms with Gasteiger partial charge >= 0.3 is 6.18 Å². The van der Waals surface area contributed by atoms with Crippen LogP contribution in [0, 0.1) is 22.9 Å². The summed E-state index contributed by atoms with van der Waals surface area (Å²) in [6.45, 7) is 5.21. The SMILES string of the molecule is CC(C)(C)C(=O)Nc1ncc2cc(-c3c(F)ccc(NSc4ccc(F)c(C(F)(F)F)c4)c3F)ccc2n1. The molecule has 198 valence electrons. The number of nitrogens with one attached hydrogen (secondary N) is 2. The molecule has 4 rings (SSSR count). The third-order valence-corrected chi connectivity index (χ3v) is 6.20. The van der Waals surface area contributed by atoms with E-state index < -0.39 is 34.6 Å². The fraction of sp³-hybridized carbons (Fsp3) is 0.192. The monoisotopic (exact) mass is 550 g/mol. The third kappa shape index (κ3) is 5.85. The average molecular weight is 551 g/mol. The number of carbonyl (C=O) groups is 1. The molecular formula is C26H20F6N4OS. The van der Waals surface area contributed by atoms with E-state index in [0.717, 1.165) is 18.2 Å². The minimum Gasteiger partial charge on any atom is -0.323 e. The Labute approximate surface area is 217 Å². The quantitative estimate of drug-likeness (QED) is 0.196. The van der Waals surface area contributed by atoms with E-state index in [2.05, 4.69) is 20.0 Å². The molecule has 0 atom stereocenters. The van der Waals surface area contributed by atoms with E-state index in [1.807, 2.05) is 0 Å². The van der Waals surface area contributed by atoms with Crippen LogP contribution in [0.2, 0.25) is 0 Å². The molecule has 5 nitrogen and oxygen atoms in total. The minimum atomic E-state index is -4.90. The molecule has 0 spiro atoms. The summed E-state index contributed by atoms with van der Waals surface area (Å²) >= 11 is 0.613. The second kappa shape index (κ2) is 10.2. The van der Waals surface area contributed by atoms with Gasteiger partial charge in [0.05, 0.1) is 22.3 Å². The van der Waals surface area contributed by atoms with E-state index in [1.54, 1.807) is 20.8 Å². The smallest absolute Gasteiger partial charge is 0.323 e. The van der Waals surface area contributed by atoms with Gasteiger partial charge in [0, 0.05) is 21.9 Å². The first-order valence-corrected chi connectivity index (χ1v) is 11.9. The number of rotatable bonds is 5. The van der Waals surface area contributed by atoms with Gasteiger partial charge in [-0.15, -0.1) is 0 Å². The van der Waals surface area contributed by atoms with Gasteiger partial charge in [-0.2, -0.15) is 13.2 Å². The van der Waals surface area contributed by atoms with Crippen molar-refractivity contribution >= 4 is 40.4 Å². The maximum Gasteiger partial charge on any atom is 0.419 e. The second-order valence-electron chi connectivity index (χ2n) is 9.30. The van der Waals surface area contributed by atoms with Crippen molar-refractivity contribution in [2.24, 2.45) is 5.41 Å². The highest BCUT2D eigenvalue weighted by atomic mass is 32.2. The number of hydrogen-bond donors (Lipinski definition) is 2. The minimum absolute atomic E-state index is 0.0267. The van der Waals surface area contributed by atoms with Gasteiger partial charge in [0.25, 0.3) is 0 Å². The molecule has 38 heavy (non-hydrogen) atoms. The van der Waals surface area contributed by atoms with Gasteiger partial charge in [0.15, 0.2) is 5.82 Å². The molecule has 0 saturated heterocycles. The lowest BCUT2D eigenvalue weighted by Gasteiger charge is -2.16. The molecule has 0 fully saturated rings. The molecule has 0 radical (unpaired) electrons. The normalized spacial score (nSPS) is 12.0. The van der Waals surface area contributed by atoms with Crippen LogP contribution in [0.25, 0.3) is 22.0 Å². The first-order valence-electron chi connectivity index (χ1n) is 11.1. The van der Waals surface area contributed by atoms with Crippen LogP contribution >= 0.6 is 11.9 Å². The summed E-state index contributed by atoms with van der Waals surface area (Å²) in [5.74, 6) is -3.48. The molecule has 0 aliphatic heterocycles. The predicted octanol–water partition coefficient (Wildman–Crippen LogP) is 7.84. The van der Waals surface area contributed by atoms with Crippen LogP contribution in [0.4, 0.5) is 38.0 Å². The molecule has 0 aliphatic rings. The maximum absolute atomic E-state index is 15.3. The topological polar surface area (TPSA) is 66.9 Å². The Morgan fingerprint density at radius 2 is 1.63 bits per heavy atom. The number of alkyl halides is 3. The number of fused-ring (bicyclic) bond motifs is 1. The highest BCUT2D eigenvalue weighted by Crippen LogP contribution is 2.36. The van der Waals surface area contributed by atoms with Gasteiger partial charge in [0.1, 0.15) is 11.6 Å². The lowest BCUT2D eigenvalue weighted by molar-refractivity contribution is -0.140. The van der Waals surface area contributed by atoms with Crippen molar-refractivity contribution in [1.82, 2.24) is 9.97 Å². The van der Waals surface area contributed by atoms with Crippen molar-refractivity contribution in [2.45, 2.75) is 31.8 Å². The molecule has 0 saturated carbocycles. The van der Waals surface area contributed by atoms with Crippen molar-refractivity contribution in [3.05, 3.63) is 77.7 Å². The fourth-order valence-electron chi connectivity index (χ4n) is 3.33. The largest absolute Gasteiger partial charge is 0.419 e. The molecular weight excluding hydrogens is 530 g/mol.